The highest BCUT2D eigenvalue weighted by molar-refractivity contribution is 8.13. The molecule has 1 fully saturated rings. The summed E-state index contributed by atoms with van der Waals surface area (Å²) in [5.74, 6) is 0. The molecule has 0 aromatic rings. The van der Waals surface area contributed by atoms with Crippen molar-refractivity contribution in [1.29, 1.82) is 5.26 Å². The van der Waals surface area contributed by atoms with Crippen LogP contribution in [0.3, 0.4) is 0 Å². The molecule has 1 aliphatic carbocycles. The van der Waals surface area contributed by atoms with Crippen LogP contribution in [0.25, 0.3) is 0 Å². The molecule has 0 heterocycles. The summed E-state index contributed by atoms with van der Waals surface area (Å²) in [7, 11) is 2.13. The van der Waals surface area contributed by atoms with Gasteiger partial charge in [0.2, 0.25) is 0 Å². The molecule has 1 saturated carbocycles. The fourth-order valence-electron chi connectivity index (χ4n) is 1.21. The van der Waals surface area contributed by atoms with Gasteiger partial charge in [0.05, 0.1) is 6.54 Å². The van der Waals surface area contributed by atoms with Crippen molar-refractivity contribution in [2.24, 2.45) is 4.99 Å². The lowest BCUT2D eigenvalue weighted by atomic mass is 10.5. The van der Waals surface area contributed by atoms with Gasteiger partial charge in [-0.1, -0.05) is 11.8 Å². The van der Waals surface area contributed by atoms with Crippen molar-refractivity contribution in [3.63, 3.8) is 0 Å². The Bertz CT molecular complexity index is 242. The normalized spacial score (nSPS) is 16.9. The zero-order chi connectivity index (χ0) is 10.4. The van der Waals surface area contributed by atoms with Gasteiger partial charge in [-0.25, -0.2) is 0 Å². The van der Waals surface area contributed by atoms with Crippen LogP contribution in [-0.4, -0.2) is 42.5 Å². The largest absolute Gasteiger partial charge is 0.302 e. The topological polar surface area (TPSA) is 51.4 Å². The van der Waals surface area contributed by atoms with E-state index in [0.29, 0.717) is 5.17 Å². The molecular weight excluding hydrogens is 196 g/mol. The number of nitriles is 1. The number of rotatable bonds is 4. The second-order valence-electron chi connectivity index (χ2n) is 3.34. The quantitative estimate of drug-likeness (QED) is 0.325. The van der Waals surface area contributed by atoms with Crippen LogP contribution in [0.5, 0.6) is 0 Å². The summed E-state index contributed by atoms with van der Waals surface area (Å²) in [6.07, 6.45) is 6.44. The lowest BCUT2D eigenvalue weighted by molar-refractivity contribution is 0.334. The van der Waals surface area contributed by atoms with Crippen molar-refractivity contribution < 1.29 is 0 Å². The van der Waals surface area contributed by atoms with Crippen LogP contribution in [0, 0.1) is 11.5 Å². The smallest absolute Gasteiger partial charge is 0.183 e. The Labute approximate surface area is 89.4 Å². The summed E-state index contributed by atoms with van der Waals surface area (Å²) >= 11 is 1.47. The van der Waals surface area contributed by atoms with Crippen molar-refractivity contribution in [3.8, 4) is 6.19 Å². The number of hydrogen-bond acceptors (Lipinski definition) is 4. The molecule has 0 unspecified atom stereocenters. The van der Waals surface area contributed by atoms with E-state index in [1.807, 2.05) is 12.4 Å². The van der Waals surface area contributed by atoms with Crippen LogP contribution in [0.15, 0.2) is 4.99 Å². The van der Waals surface area contributed by atoms with Crippen molar-refractivity contribution >= 4 is 16.9 Å². The van der Waals surface area contributed by atoms with Crippen LogP contribution in [0.2, 0.25) is 0 Å². The Morgan fingerprint density at radius 2 is 2.43 bits per heavy atom. The summed E-state index contributed by atoms with van der Waals surface area (Å²) in [6.45, 7) is 1.74. The molecule has 5 heteroatoms. The Morgan fingerprint density at radius 3 is 2.93 bits per heavy atom. The molecule has 0 amide bonds. The molecule has 1 rings (SSSR count). The van der Waals surface area contributed by atoms with Crippen LogP contribution in [0.1, 0.15) is 12.8 Å². The molecule has 4 nitrogen and oxygen atoms in total. The van der Waals surface area contributed by atoms with Gasteiger partial charge in [0.25, 0.3) is 0 Å². The molecule has 0 spiro atoms. The minimum Gasteiger partial charge on any atom is -0.302 e. The highest BCUT2D eigenvalue weighted by Crippen LogP contribution is 2.24. The van der Waals surface area contributed by atoms with E-state index in [0.717, 1.165) is 19.1 Å². The van der Waals surface area contributed by atoms with Gasteiger partial charge in [-0.15, -0.1) is 0 Å². The Morgan fingerprint density at radius 1 is 1.71 bits per heavy atom. The van der Waals surface area contributed by atoms with Crippen LogP contribution < -0.4 is 5.32 Å². The third-order valence-corrected chi connectivity index (χ3v) is 2.85. The van der Waals surface area contributed by atoms with Gasteiger partial charge < -0.3 is 4.90 Å². The molecule has 0 aliphatic heterocycles. The van der Waals surface area contributed by atoms with Crippen molar-refractivity contribution in [2.45, 2.75) is 18.9 Å². The molecule has 78 valence electrons. The summed E-state index contributed by atoms with van der Waals surface area (Å²) in [6, 6.07) is 0.784. The number of thioether (sulfide) groups is 1. The van der Waals surface area contributed by atoms with Crippen LogP contribution in [-0.2, 0) is 0 Å². The average Bonchev–Trinajstić information content (AvgIpc) is 2.99. The summed E-state index contributed by atoms with van der Waals surface area (Å²) in [5.41, 5.74) is 0. The highest BCUT2D eigenvalue weighted by Gasteiger charge is 2.25. The second kappa shape index (κ2) is 5.89. The number of aliphatic imine (C=N–C) groups is 1. The van der Waals surface area contributed by atoms with Crippen molar-refractivity contribution in [1.82, 2.24) is 10.2 Å². The lowest BCUT2D eigenvalue weighted by Gasteiger charge is -2.13. The zero-order valence-electron chi connectivity index (χ0n) is 8.66. The molecule has 1 N–H and O–H groups in total. The van der Waals surface area contributed by atoms with Gasteiger partial charge >= 0.3 is 0 Å². The molecule has 0 radical (unpaired) electrons. The van der Waals surface area contributed by atoms with E-state index in [2.05, 4.69) is 22.3 Å². The predicted molar refractivity (Wildman–Crippen MR) is 60.2 cm³/mol. The van der Waals surface area contributed by atoms with E-state index in [-0.39, 0.29) is 0 Å². The average molecular weight is 212 g/mol. The monoisotopic (exact) mass is 212 g/mol. The van der Waals surface area contributed by atoms with Gasteiger partial charge in [-0.05, 0) is 26.1 Å². The molecular formula is C9H16N4S. The molecule has 0 atom stereocenters. The molecule has 1 aliphatic rings. The number of nitrogens with zero attached hydrogens (tertiary/aromatic N) is 3. The van der Waals surface area contributed by atoms with E-state index in [9.17, 15) is 0 Å². The van der Waals surface area contributed by atoms with Crippen LogP contribution in [0.4, 0.5) is 0 Å². The molecule has 0 aromatic heterocycles. The standard InChI is InChI=1S/C9H16N4S/c1-13(8-3-4-8)6-5-11-9(14-2)12-7-10/h8H,3-6H2,1-2H3,(H,11,12). The maximum absolute atomic E-state index is 8.41. The van der Waals surface area contributed by atoms with Crippen LogP contribution >= 0.6 is 11.8 Å². The maximum atomic E-state index is 8.41. The Hall–Kier alpha value is -0.730. The van der Waals surface area contributed by atoms with E-state index >= 15 is 0 Å². The Kier molecular flexibility index (Phi) is 4.77. The first-order chi connectivity index (χ1) is 6.77. The number of nitrogens with one attached hydrogen (secondary N) is 1. The number of amidine groups is 1. The third-order valence-electron chi connectivity index (χ3n) is 2.23. The summed E-state index contributed by atoms with van der Waals surface area (Å²) < 4.78 is 0. The lowest BCUT2D eigenvalue weighted by Crippen LogP contribution is -2.24. The molecule has 0 aromatic carbocycles. The van der Waals surface area contributed by atoms with E-state index in [1.54, 1.807) is 0 Å². The zero-order valence-corrected chi connectivity index (χ0v) is 9.47. The van der Waals surface area contributed by atoms with Gasteiger partial charge in [0.1, 0.15) is 0 Å². The predicted octanol–water partition coefficient (Wildman–Crippen LogP) is 0.870. The van der Waals surface area contributed by atoms with Gasteiger partial charge in [-0.3, -0.25) is 10.3 Å². The van der Waals surface area contributed by atoms with E-state index < -0.39 is 0 Å². The van der Waals surface area contributed by atoms with Gasteiger partial charge in [0, 0.05) is 12.6 Å². The fraction of sp³-hybridized carbons (Fsp3) is 0.778. The van der Waals surface area contributed by atoms with Gasteiger partial charge in [0.15, 0.2) is 11.4 Å². The third kappa shape index (κ3) is 3.99. The highest BCUT2D eigenvalue weighted by atomic mass is 32.2. The fourth-order valence-corrected chi connectivity index (χ4v) is 1.58. The first-order valence-corrected chi connectivity index (χ1v) is 5.94. The summed E-state index contributed by atoms with van der Waals surface area (Å²) in [5, 5.41) is 11.7. The maximum Gasteiger partial charge on any atom is 0.183 e. The Balaban J connectivity index is 2.19. The first kappa shape index (κ1) is 11.3. The van der Waals surface area contributed by atoms with Crippen molar-refractivity contribution in [3.05, 3.63) is 0 Å². The minimum absolute atomic E-state index is 0.705. The second-order valence-corrected chi connectivity index (χ2v) is 4.13. The van der Waals surface area contributed by atoms with Crippen molar-refractivity contribution in [2.75, 3.05) is 26.4 Å². The molecule has 14 heavy (non-hydrogen) atoms. The summed E-state index contributed by atoms with van der Waals surface area (Å²) in [4.78, 5) is 6.61. The minimum atomic E-state index is 0.705. The molecule has 0 bridgehead atoms. The number of hydrogen-bond donors (Lipinski definition) is 1. The SMILES string of the molecule is CSC(=NCCN(C)C1CC1)NC#N. The number of likely N-dealkylation sites (N-methyl/N-ethyl adjacent to an activating group) is 1. The van der Waals surface area contributed by atoms with Gasteiger partial charge in [-0.2, -0.15) is 5.26 Å². The first-order valence-electron chi connectivity index (χ1n) is 4.71. The van der Waals surface area contributed by atoms with E-state index in [4.69, 9.17) is 5.26 Å². The molecule has 0 saturated heterocycles. The van der Waals surface area contributed by atoms with E-state index in [1.165, 1.54) is 24.6 Å².